The summed E-state index contributed by atoms with van der Waals surface area (Å²) in [6.07, 6.45) is 31.2. The average molecular weight is 906 g/mol. The van der Waals surface area contributed by atoms with Crippen molar-refractivity contribution in [1.82, 2.24) is 5.32 Å². The van der Waals surface area contributed by atoms with Gasteiger partial charge in [-0.05, 0) is 19.3 Å². The van der Waals surface area contributed by atoms with Gasteiger partial charge in [0, 0.05) is 19.3 Å². The van der Waals surface area contributed by atoms with E-state index in [4.69, 9.17) is 18.7 Å². The fourth-order valence-corrected chi connectivity index (χ4v) is 8.66. The van der Waals surface area contributed by atoms with E-state index >= 15 is 0 Å². The fraction of sp³-hybridized carbons (Fsp3) is 0.939. The molecule has 0 spiro atoms. The first kappa shape index (κ1) is 60.4. The SMILES string of the molecule is C.CCCCCCCCCCCCCC(=O)NC1[C@H](OP(=O)(O)O)OC(CO)[C@@H](OC(=O)CCCCCCCCCCCCC)[C@@H]1OC(=O)CCCCCCCCCCCCC. The van der Waals surface area contributed by atoms with Crippen LogP contribution in [-0.2, 0) is 37.7 Å². The van der Waals surface area contributed by atoms with E-state index in [9.17, 15) is 33.8 Å². The minimum atomic E-state index is -5.19. The van der Waals surface area contributed by atoms with Crippen molar-refractivity contribution in [2.75, 3.05) is 6.61 Å². The zero-order valence-electron chi connectivity index (χ0n) is 39.1. The third-order valence-electron chi connectivity index (χ3n) is 11.9. The molecule has 2 unspecified atom stereocenters. The summed E-state index contributed by atoms with van der Waals surface area (Å²) in [7, 11) is -5.19. The molecule has 12 nitrogen and oxygen atoms in total. The Hall–Kier alpha value is -1.56. The second-order valence-electron chi connectivity index (χ2n) is 17.7. The molecule has 0 aromatic heterocycles. The summed E-state index contributed by atoms with van der Waals surface area (Å²) >= 11 is 0. The van der Waals surface area contributed by atoms with Gasteiger partial charge in [0.2, 0.25) is 5.91 Å². The highest BCUT2D eigenvalue weighted by Crippen LogP contribution is 2.41. The minimum Gasteiger partial charge on any atom is -0.456 e. The molecule has 1 aliphatic heterocycles. The molecule has 1 amide bonds. The number of carbonyl (C=O) groups is 3. The maximum atomic E-state index is 13.4. The summed E-state index contributed by atoms with van der Waals surface area (Å²) in [5, 5.41) is 13.1. The molecule has 0 aromatic rings. The smallest absolute Gasteiger partial charge is 0.456 e. The van der Waals surface area contributed by atoms with Crippen molar-refractivity contribution in [3.05, 3.63) is 0 Å². The van der Waals surface area contributed by atoms with Gasteiger partial charge in [0.15, 0.2) is 18.5 Å². The van der Waals surface area contributed by atoms with Crippen LogP contribution in [0.25, 0.3) is 0 Å². The van der Waals surface area contributed by atoms with Crippen LogP contribution in [-0.4, -0.2) is 70.0 Å². The van der Waals surface area contributed by atoms with E-state index in [-0.39, 0.29) is 26.7 Å². The first-order valence-corrected chi connectivity index (χ1v) is 26.8. The normalized spacial score (nSPS) is 18.9. The first-order chi connectivity index (χ1) is 29.6. The van der Waals surface area contributed by atoms with E-state index < -0.39 is 62.9 Å². The third-order valence-corrected chi connectivity index (χ3v) is 12.4. The molecule has 1 fully saturated rings. The van der Waals surface area contributed by atoms with Crippen LogP contribution >= 0.6 is 7.82 Å². The molecular formula is C49H96NO11P. The summed E-state index contributed by atoms with van der Waals surface area (Å²) < 4.78 is 34.8. The zero-order chi connectivity index (χ0) is 44.8. The Bertz CT molecular complexity index is 1120. The van der Waals surface area contributed by atoms with Gasteiger partial charge in [0.05, 0.1) is 6.61 Å². The molecule has 0 aliphatic carbocycles. The van der Waals surface area contributed by atoms with E-state index in [1.807, 2.05) is 0 Å². The third kappa shape index (κ3) is 33.0. The monoisotopic (exact) mass is 906 g/mol. The highest BCUT2D eigenvalue weighted by molar-refractivity contribution is 7.46. The maximum absolute atomic E-state index is 13.4. The Labute approximate surface area is 379 Å². The topological polar surface area (TPSA) is 178 Å². The van der Waals surface area contributed by atoms with Gasteiger partial charge >= 0.3 is 19.8 Å². The Kier molecular flexibility index (Phi) is 39.9. The summed E-state index contributed by atoms with van der Waals surface area (Å²) in [5.74, 6) is -1.62. The molecule has 1 heterocycles. The molecule has 0 aromatic carbocycles. The van der Waals surface area contributed by atoms with Gasteiger partial charge in [-0.1, -0.05) is 221 Å². The highest BCUT2D eigenvalue weighted by Gasteiger charge is 2.52. The number of aliphatic hydroxyl groups excluding tert-OH is 1. The standard InChI is InChI=1S/C48H92NO11P.CH4/c1-4-7-10-13-16-19-22-25-28-31-34-37-42(51)49-45-47(59-44(53)39-36-33-30-27-24-21-18-15-12-9-6-3)46(41(40-50)57-48(45)60-61(54,55)56)58-43(52)38-35-32-29-26-23-20-17-14-11-8-5-2;/h41,45-48,50H,4-40H2,1-3H3,(H,49,51)(H2,54,55,56);1H4/t41?,45?,46-,47-,48+;/m1./s1. The number of amides is 1. The number of carbonyl (C=O) groups excluding carboxylic acids is 3. The molecule has 0 saturated carbocycles. The average Bonchev–Trinajstić information content (AvgIpc) is 3.22. The molecule has 1 aliphatic rings. The van der Waals surface area contributed by atoms with Crippen LogP contribution in [0.2, 0.25) is 0 Å². The lowest BCUT2D eigenvalue weighted by Gasteiger charge is -2.44. The van der Waals surface area contributed by atoms with E-state index in [1.165, 1.54) is 122 Å². The Morgan fingerprint density at radius 1 is 0.500 bits per heavy atom. The van der Waals surface area contributed by atoms with Crippen molar-refractivity contribution >= 4 is 25.7 Å². The summed E-state index contributed by atoms with van der Waals surface area (Å²) in [5.41, 5.74) is 0. The van der Waals surface area contributed by atoms with Crippen molar-refractivity contribution in [3.8, 4) is 0 Å². The van der Waals surface area contributed by atoms with Crippen molar-refractivity contribution in [1.29, 1.82) is 0 Å². The van der Waals surface area contributed by atoms with Crippen LogP contribution in [0, 0.1) is 0 Å². The van der Waals surface area contributed by atoms with Crippen LogP contribution in [0.15, 0.2) is 0 Å². The first-order valence-electron chi connectivity index (χ1n) is 25.2. The molecule has 4 N–H and O–H groups in total. The zero-order valence-corrected chi connectivity index (χ0v) is 40.0. The van der Waals surface area contributed by atoms with Crippen LogP contribution in [0.4, 0.5) is 0 Å². The number of phosphoric ester groups is 1. The molecular weight excluding hydrogens is 810 g/mol. The molecule has 1 saturated heterocycles. The lowest BCUT2D eigenvalue weighted by Crippen LogP contribution is -2.66. The number of unbranched alkanes of at least 4 members (excludes halogenated alkanes) is 30. The van der Waals surface area contributed by atoms with Crippen LogP contribution in [0.5, 0.6) is 0 Å². The molecule has 1 rings (SSSR count). The van der Waals surface area contributed by atoms with Crippen molar-refractivity contribution in [2.24, 2.45) is 0 Å². The van der Waals surface area contributed by atoms with Crippen LogP contribution < -0.4 is 5.32 Å². The molecule has 0 bridgehead atoms. The minimum absolute atomic E-state index is 0. The second-order valence-corrected chi connectivity index (χ2v) is 18.9. The van der Waals surface area contributed by atoms with Gasteiger partial charge in [-0.25, -0.2) is 4.57 Å². The van der Waals surface area contributed by atoms with Crippen LogP contribution in [0.3, 0.4) is 0 Å². The fourth-order valence-electron chi connectivity index (χ4n) is 8.21. The van der Waals surface area contributed by atoms with E-state index in [0.29, 0.717) is 19.3 Å². The molecule has 0 radical (unpaired) electrons. The number of phosphoric acid groups is 1. The summed E-state index contributed by atoms with van der Waals surface area (Å²) in [4.78, 5) is 59.7. The number of nitrogens with one attached hydrogen (secondary N) is 1. The highest BCUT2D eigenvalue weighted by atomic mass is 31.2. The van der Waals surface area contributed by atoms with Crippen molar-refractivity contribution in [3.63, 3.8) is 0 Å². The predicted molar refractivity (Wildman–Crippen MR) is 251 cm³/mol. The predicted octanol–water partition coefficient (Wildman–Crippen LogP) is 12.9. The van der Waals surface area contributed by atoms with E-state index in [2.05, 4.69) is 26.1 Å². The summed E-state index contributed by atoms with van der Waals surface area (Å²) in [6.45, 7) is 5.93. The van der Waals surface area contributed by atoms with Gasteiger partial charge in [0.25, 0.3) is 0 Å². The lowest BCUT2D eigenvalue weighted by molar-refractivity contribution is -0.259. The Balaban J connectivity index is 0.0000372. The van der Waals surface area contributed by atoms with Crippen molar-refractivity contribution < 1.29 is 52.6 Å². The summed E-state index contributed by atoms with van der Waals surface area (Å²) in [6, 6.07) is -1.42. The number of esters is 2. The largest absolute Gasteiger partial charge is 0.472 e. The van der Waals surface area contributed by atoms with Gasteiger partial charge < -0.3 is 34.4 Å². The van der Waals surface area contributed by atoms with Crippen molar-refractivity contribution in [2.45, 2.75) is 290 Å². The molecule has 5 atom stereocenters. The maximum Gasteiger partial charge on any atom is 0.472 e. The molecule has 62 heavy (non-hydrogen) atoms. The quantitative estimate of drug-likeness (QED) is 0.0260. The van der Waals surface area contributed by atoms with Gasteiger partial charge in [0.1, 0.15) is 12.1 Å². The number of hydrogen-bond acceptors (Lipinski definition) is 9. The lowest BCUT2D eigenvalue weighted by atomic mass is 9.95. The molecule has 13 heteroatoms. The van der Waals surface area contributed by atoms with Gasteiger partial charge in [-0.15, -0.1) is 0 Å². The number of hydrogen-bond donors (Lipinski definition) is 4. The number of rotatable bonds is 42. The number of ether oxygens (including phenoxy) is 3. The van der Waals surface area contributed by atoms with Gasteiger partial charge in [-0.3, -0.25) is 18.9 Å². The Morgan fingerprint density at radius 3 is 1.13 bits per heavy atom. The van der Waals surface area contributed by atoms with E-state index in [0.717, 1.165) is 70.6 Å². The van der Waals surface area contributed by atoms with Gasteiger partial charge in [-0.2, -0.15) is 0 Å². The molecule has 368 valence electrons. The Morgan fingerprint density at radius 2 is 0.806 bits per heavy atom. The number of aliphatic hydroxyl groups is 1. The second kappa shape index (κ2) is 40.9. The van der Waals surface area contributed by atoms with Crippen LogP contribution in [0.1, 0.15) is 259 Å². The van der Waals surface area contributed by atoms with E-state index in [1.54, 1.807) is 0 Å².